The van der Waals surface area contributed by atoms with Crippen LogP contribution in [-0.2, 0) is 0 Å². The molecule has 2 bridgehead atoms. The minimum absolute atomic E-state index is 0.147. The zero-order valence-corrected chi connectivity index (χ0v) is 9.63. The van der Waals surface area contributed by atoms with Crippen LogP contribution in [0.25, 0.3) is 0 Å². The highest BCUT2D eigenvalue weighted by molar-refractivity contribution is 5.79. The maximum Gasteiger partial charge on any atom is 0.153 e. The molecule has 0 aliphatic heterocycles. The molecule has 2 aliphatic carbocycles. The first-order chi connectivity index (χ1) is 8.26. The van der Waals surface area contributed by atoms with Gasteiger partial charge in [-0.05, 0) is 49.7 Å². The predicted octanol–water partition coefficient (Wildman–Crippen LogP) is 2.77. The fraction of sp³-hybridized carbons (Fsp3) is 0.500. The van der Waals surface area contributed by atoms with E-state index in [1.54, 1.807) is 6.07 Å². The van der Waals surface area contributed by atoms with E-state index in [0.717, 1.165) is 18.6 Å². The molecule has 0 radical (unpaired) electrons. The zero-order valence-electron chi connectivity index (χ0n) is 9.63. The summed E-state index contributed by atoms with van der Waals surface area (Å²) in [7, 11) is 0. The maximum absolute atomic E-state index is 10.9. The lowest BCUT2D eigenvalue weighted by Crippen LogP contribution is -2.23. The Morgan fingerprint density at radius 2 is 2.18 bits per heavy atom. The van der Waals surface area contributed by atoms with E-state index < -0.39 is 0 Å². The maximum atomic E-state index is 10.9. The van der Waals surface area contributed by atoms with Crippen molar-refractivity contribution in [1.29, 1.82) is 0 Å². The molecule has 3 rings (SSSR count). The molecule has 0 saturated heterocycles. The summed E-state index contributed by atoms with van der Waals surface area (Å²) >= 11 is 0. The first-order valence-electron chi connectivity index (χ1n) is 6.21. The Balaban J connectivity index is 1.80. The Hall–Kier alpha value is -1.51. The quantitative estimate of drug-likeness (QED) is 0.815. The smallest absolute Gasteiger partial charge is 0.153 e. The standard InChI is InChI=1S/C14H16O3/c15-8-11-3-4-12(16)7-14(11)17-13-6-9-1-2-10(13)5-9/h3-4,7-10,13,16H,1-2,5-6H2. The summed E-state index contributed by atoms with van der Waals surface area (Å²) in [6, 6.07) is 4.65. The van der Waals surface area contributed by atoms with Crippen molar-refractivity contribution in [3.63, 3.8) is 0 Å². The molecule has 3 nitrogen and oxygen atoms in total. The molecular weight excluding hydrogens is 216 g/mol. The fourth-order valence-corrected chi connectivity index (χ4v) is 3.22. The average molecular weight is 232 g/mol. The van der Waals surface area contributed by atoms with E-state index in [0.29, 0.717) is 17.2 Å². The number of aromatic hydroxyl groups is 1. The summed E-state index contributed by atoms with van der Waals surface area (Å²) in [5.41, 5.74) is 0.519. The van der Waals surface area contributed by atoms with Crippen molar-refractivity contribution < 1.29 is 14.6 Å². The van der Waals surface area contributed by atoms with E-state index in [9.17, 15) is 9.90 Å². The van der Waals surface area contributed by atoms with Gasteiger partial charge >= 0.3 is 0 Å². The van der Waals surface area contributed by atoms with Gasteiger partial charge in [-0.15, -0.1) is 0 Å². The molecular formula is C14H16O3. The Labute approximate surface area is 100 Å². The summed E-state index contributed by atoms with van der Waals surface area (Å²) in [5, 5.41) is 9.44. The highest BCUT2D eigenvalue weighted by Gasteiger charge is 2.41. The number of phenols is 1. The van der Waals surface area contributed by atoms with Crippen molar-refractivity contribution in [2.45, 2.75) is 31.8 Å². The SMILES string of the molecule is O=Cc1ccc(O)cc1OC1CC2CCC1C2. The molecule has 1 N–H and O–H groups in total. The Morgan fingerprint density at radius 3 is 2.82 bits per heavy atom. The third-order valence-electron chi connectivity index (χ3n) is 4.08. The van der Waals surface area contributed by atoms with Gasteiger partial charge in [0.05, 0.1) is 5.56 Å². The molecule has 3 atom stereocenters. The van der Waals surface area contributed by atoms with Crippen LogP contribution in [0.5, 0.6) is 11.5 Å². The number of hydrogen-bond acceptors (Lipinski definition) is 3. The Bertz CT molecular complexity index is 441. The van der Waals surface area contributed by atoms with Gasteiger partial charge in [0.2, 0.25) is 0 Å². The van der Waals surface area contributed by atoms with Gasteiger partial charge in [-0.2, -0.15) is 0 Å². The highest BCUT2D eigenvalue weighted by Crippen LogP contribution is 2.46. The minimum atomic E-state index is 0.147. The molecule has 2 saturated carbocycles. The molecule has 0 aromatic heterocycles. The van der Waals surface area contributed by atoms with Gasteiger partial charge in [-0.25, -0.2) is 0 Å². The van der Waals surface area contributed by atoms with Crippen LogP contribution in [0.2, 0.25) is 0 Å². The number of hydrogen-bond donors (Lipinski definition) is 1. The van der Waals surface area contributed by atoms with E-state index in [1.807, 2.05) is 0 Å². The summed E-state index contributed by atoms with van der Waals surface area (Å²) in [6.07, 6.45) is 5.94. The topological polar surface area (TPSA) is 46.5 Å². The van der Waals surface area contributed by atoms with Crippen molar-refractivity contribution in [3.05, 3.63) is 23.8 Å². The molecule has 0 amide bonds. The van der Waals surface area contributed by atoms with Gasteiger partial charge in [-0.3, -0.25) is 4.79 Å². The Kier molecular flexibility index (Phi) is 2.54. The van der Waals surface area contributed by atoms with E-state index in [2.05, 4.69) is 0 Å². The largest absolute Gasteiger partial charge is 0.508 e. The number of carbonyl (C=O) groups is 1. The van der Waals surface area contributed by atoms with Crippen molar-refractivity contribution >= 4 is 6.29 Å². The molecule has 2 fully saturated rings. The summed E-state index contributed by atoms with van der Waals surface area (Å²) in [5.74, 6) is 2.12. The first-order valence-corrected chi connectivity index (χ1v) is 6.21. The molecule has 2 aliphatic rings. The molecule has 1 aromatic carbocycles. The van der Waals surface area contributed by atoms with Crippen molar-refractivity contribution in [2.24, 2.45) is 11.8 Å². The molecule has 17 heavy (non-hydrogen) atoms. The van der Waals surface area contributed by atoms with Gasteiger partial charge in [0.15, 0.2) is 6.29 Å². The van der Waals surface area contributed by atoms with Crippen LogP contribution in [-0.4, -0.2) is 17.5 Å². The third-order valence-corrected chi connectivity index (χ3v) is 4.08. The van der Waals surface area contributed by atoms with Crippen molar-refractivity contribution in [3.8, 4) is 11.5 Å². The molecule has 0 heterocycles. The summed E-state index contributed by atoms with van der Waals surface area (Å²) < 4.78 is 5.92. The summed E-state index contributed by atoms with van der Waals surface area (Å²) in [4.78, 5) is 10.9. The zero-order chi connectivity index (χ0) is 11.8. The molecule has 1 aromatic rings. The van der Waals surface area contributed by atoms with Gasteiger partial charge in [0.1, 0.15) is 17.6 Å². The molecule has 90 valence electrons. The number of phenolic OH excluding ortho intramolecular Hbond substituents is 1. The van der Waals surface area contributed by atoms with Crippen LogP contribution >= 0.6 is 0 Å². The van der Waals surface area contributed by atoms with Crippen LogP contribution in [0.1, 0.15) is 36.0 Å². The van der Waals surface area contributed by atoms with Gasteiger partial charge < -0.3 is 9.84 Å². The van der Waals surface area contributed by atoms with Crippen LogP contribution < -0.4 is 4.74 Å². The van der Waals surface area contributed by atoms with E-state index in [-0.39, 0.29) is 11.9 Å². The highest BCUT2D eigenvalue weighted by atomic mass is 16.5. The average Bonchev–Trinajstić information content (AvgIpc) is 2.91. The normalized spacial score (nSPS) is 30.5. The van der Waals surface area contributed by atoms with Crippen molar-refractivity contribution in [1.82, 2.24) is 0 Å². The second-order valence-corrected chi connectivity index (χ2v) is 5.17. The van der Waals surface area contributed by atoms with Crippen LogP contribution in [0.3, 0.4) is 0 Å². The predicted molar refractivity (Wildman–Crippen MR) is 63.4 cm³/mol. The number of fused-ring (bicyclic) bond motifs is 2. The lowest BCUT2D eigenvalue weighted by Gasteiger charge is -2.23. The van der Waals surface area contributed by atoms with Gasteiger partial charge in [-0.1, -0.05) is 0 Å². The molecule has 3 unspecified atom stereocenters. The molecule has 0 spiro atoms. The second kappa shape index (κ2) is 4.06. The number of rotatable bonds is 3. The van der Waals surface area contributed by atoms with Crippen molar-refractivity contribution in [2.75, 3.05) is 0 Å². The minimum Gasteiger partial charge on any atom is -0.508 e. The number of aldehydes is 1. The van der Waals surface area contributed by atoms with Gasteiger partial charge in [0, 0.05) is 6.07 Å². The number of carbonyl (C=O) groups excluding carboxylic acids is 1. The van der Waals surface area contributed by atoms with Crippen LogP contribution in [0.4, 0.5) is 0 Å². The van der Waals surface area contributed by atoms with E-state index >= 15 is 0 Å². The van der Waals surface area contributed by atoms with Crippen LogP contribution in [0.15, 0.2) is 18.2 Å². The van der Waals surface area contributed by atoms with E-state index in [4.69, 9.17) is 4.74 Å². The lowest BCUT2D eigenvalue weighted by molar-refractivity contribution is 0.110. The second-order valence-electron chi connectivity index (χ2n) is 5.17. The Morgan fingerprint density at radius 1 is 1.29 bits per heavy atom. The first kappa shape index (κ1) is 10.6. The number of ether oxygens (including phenoxy) is 1. The lowest BCUT2D eigenvalue weighted by atomic mass is 9.97. The monoisotopic (exact) mass is 232 g/mol. The van der Waals surface area contributed by atoms with E-state index in [1.165, 1.54) is 31.4 Å². The molecule has 3 heteroatoms. The van der Waals surface area contributed by atoms with Gasteiger partial charge in [0.25, 0.3) is 0 Å². The third kappa shape index (κ3) is 1.90. The summed E-state index contributed by atoms with van der Waals surface area (Å²) in [6.45, 7) is 0. The number of benzene rings is 1. The fourth-order valence-electron chi connectivity index (χ4n) is 3.22. The van der Waals surface area contributed by atoms with Crippen LogP contribution in [0, 0.1) is 11.8 Å².